The van der Waals surface area contributed by atoms with Gasteiger partial charge in [0.2, 0.25) is 0 Å². The summed E-state index contributed by atoms with van der Waals surface area (Å²) in [5, 5.41) is 0. The van der Waals surface area contributed by atoms with Crippen LogP contribution in [0.25, 0.3) is 0 Å². The zero-order valence-electron chi connectivity index (χ0n) is 59.3. The third-order valence-corrected chi connectivity index (χ3v) is 20.2. The van der Waals surface area contributed by atoms with Crippen molar-refractivity contribution < 1.29 is 0 Å². The van der Waals surface area contributed by atoms with E-state index in [9.17, 15) is 0 Å². The Kier molecular flexibility index (Phi) is 28.1. The van der Waals surface area contributed by atoms with Gasteiger partial charge < -0.3 is 0 Å². The predicted octanol–water partition coefficient (Wildman–Crippen LogP) is 26.3. The van der Waals surface area contributed by atoms with Crippen LogP contribution in [0.15, 0.2) is 303 Å². The highest BCUT2D eigenvalue weighted by Crippen LogP contribution is 2.47. The summed E-state index contributed by atoms with van der Waals surface area (Å²) in [6.45, 7) is 34.2. The summed E-state index contributed by atoms with van der Waals surface area (Å²) in [7, 11) is 0. The van der Waals surface area contributed by atoms with Crippen LogP contribution in [-0.2, 0) is 32.5 Å². The minimum atomic E-state index is -0.121. The molecule has 0 heteroatoms. The van der Waals surface area contributed by atoms with Gasteiger partial charge in [0.05, 0.1) is 0 Å². The lowest BCUT2D eigenvalue weighted by atomic mass is 9.71. The molecule has 0 radical (unpaired) electrons. The summed E-state index contributed by atoms with van der Waals surface area (Å²) in [5.74, 6) is 0.624. The molecular formula is C92H114. The first-order valence-electron chi connectivity index (χ1n) is 34.5. The van der Waals surface area contributed by atoms with Crippen molar-refractivity contribution in [1.29, 1.82) is 0 Å². The number of hydrogen-bond acceptors (Lipinski definition) is 0. The van der Waals surface area contributed by atoms with Gasteiger partial charge in [0.1, 0.15) is 0 Å². The molecule has 12 rings (SSSR count). The van der Waals surface area contributed by atoms with Crippen molar-refractivity contribution in [3.05, 3.63) is 359 Å². The van der Waals surface area contributed by atoms with Crippen LogP contribution in [0.4, 0.5) is 0 Å². The lowest BCUT2D eigenvalue weighted by Crippen LogP contribution is -2.25. The quantitative estimate of drug-likeness (QED) is 0.113. The Labute approximate surface area is 561 Å². The molecule has 0 spiro atoms. The molecule has 0 bridgehead atoms. The maximum atomic E-state index is 2.42. The van der Waals surface area contributed by atoms with Crippen LogP contribution < -0.4 is 0 Å². The third kappa shape index (κ3) is 21.9. The van der Waals surface area contributed by atoms with E-state index < -0.39 is 0 Å². The van der Waals surface area contributed by atoms with E-state index in [4.69, 9.17) is 0 Å². The molecule has 0 saturated heterocycles. The Morgan fingerprint density at radius 1 is 0.293 bits per heavy atom. The third-order valence-electron chi connectivity index (χ3n) is 20.2. The molecule has 10 aromatic rings. The Bertz CT molecular complexity index is 3320. The Balaban J connectivity index is 0.000000173. The van der Waals surface area contributed by atoms with E-state index in [2.05, 4.69) is 407 Å². The molecule has 10 aromatic carbocycles. The SMILES string of the molecule is CC(C)(C)c1ccccc1.CC(c1ccccc1)(c1ccccc1)c1ccccc1.CC(c1ccccc1)C(C)(C)C.CC1(c2ccccc2)CC1.CC1(c2ccccc2)CCCCC1.CCC(C)(C)c1ccccc1.CCC(C)(c1ccccc1)c1ccccc1. The van der Waals surface area contributed by atoms with E-state index >= 15 is 0 Å². The lowest BCUT2D eigenvalue weighted by Gasteiger charge is -2.34. The molecule has 2 fully saturated rings. The molecule has 2 saturated carbocycles. The van der Waals surface area contributed by atoms with Crippen LogP contribution in [0, 0.1) is 5.41 Å². The number of hydrogen-bond donors (Lipinski definition) is 0. The fourth-order valence-corrected chi connectivity index (χ4v) is 12.1. The molecule has 0 aliphatic heterocycles. The fourth-order valence-electron chi connectivity index (χ4n) is 12.1. The van der Waals surface area contributed by atoms with Gasteiger partial charge in [0.25, 0.3) is 0 Å². The highest BCUT2D eigenvalue weighted by Gasteiger charge is 2.38. The molecule has 0 N–H and O–H groups in total. The first-order valence-corrected chi connectivity index (χ1v) is 34.5. The standard InChI is InChI=1S/C20H18.C16H18.C13H18.C12H18.C11H16.C10H12.C10H14/c1-20(17-11-5-2-6-12-17,18-13-7-3-8-14-18)19-15-9-4-10-16-19;1-3-16(2,14-10-6-4-7-11-14)15-12-8-5-9-13-15;1-13(10-6-3-7-11-13)12-8-4-2-5-9-12;1-10(12(2,3)4)11-8-6-5-7-9-11;1-4-11(2,3)10-8-6-5-7-9-10;1-10(7-8-10)9-5-3-2-4-6-9;1-10(2,3)9-7-5-4-6-8-9/h2-16H,1H3;4-13H,3H2,1-2H3;2,4-5,8-9H,3,6-7,10-11H2,1H3;5-10H,1-4H3;5-9H,4H2,1-3H3;2-6H,7-8H2,1H3;4-8H,1-3H3. The van der Waals surface area contributed by atoms with E-state index in [1.54, 1.807) is 0 Å². The van der Waals surface area contributed by atoms with Gasteiger partial charge in [-0.05, 0) is 134 Å². The van der Waals surface area contributed by atoms with Crippen molar-refractivity contribution >= 4 is 0 Å². The van der Waals surface area contributed by atoms with Gasteiger partial charge >= 0.3 is 0 Å². The minimum absolute atomic E-state index is 0.121. The summed E-state index contributed by atoms with van der Waals surface area (Å²) in [4.78, 5) is 0. The average molecular weight is 1220 g/mol. The Morgan fingerprint density at radius 3 is 0.815 bits per heavy atom. The Hall–Kier alpha value is -7.80. The minimum Gasteiger partial charge on any atom is -0.0646 e. The second-order valence-electron chi connectivity index (χ2n) is 29.3. The van der Waals surface area contributed by atoms with Crippen LogP contribution in [0.5, 0.6) is 0 Å². The Morgan fingerprint density at radius 2 is 0.554 bits per heavy atom. The first kappa shape index (κ1) is 73.3. The molecule has 0 amide bonds. The summed E-state index contributed by atoms with van der Waals surface area (Å²) in [5.41, 5.74) is 16.1. The van der Waals surface area contributed by atoms with E-state index in [0.717, 1.165) is 6.42 Å². The van der Waals surface area contributed by atoms with Gasteiger partial charge in [-0.3, -0.25) is 0 Å². The van der Waals surface area contributed by atoms with E-state index in [1.165, 1.54) is 107 Å². The zero-order valence-corrected chi connectivity index (χ0v) is 59.3. The van der Waals surface area contributed by atoms with Crippen molar-refractivity contribution in [2.75, 3.05) is 0 Å². The van der Waals surface area contributed by atoms with Crippen molar-refractivity contribution in [2.45, 2.75) is 200 Å². The molecule has 92 heavy (non-hydrogen) atoms. The van der Waals surface area contributed by atoms with Crippen LogP contribution in [0.3, 0.4) is 0 Å². The second kappa shape index (κ2) is 35.3. The molecule has 1 unspecified atom stereocenters. The van der Waals surface area contributed by atoms with Gasteiger partial charge in [-0.1, -0.05) is 420 Å². The first-order chi connectivity index (χ1) is 44.0. The van der Waals surface area contributed by atoms with Crippen molar-refractivity contribution in [3.8, 4) is 0 Å². The van der Waals surface area contributed by atoms with Gasteiger partial charge in [-0.2, -0.15) is 0 Å². The highest BCUT2D eigenvalue weighted by atomic mass is 14.4. The van der Waals surface area contributed by atoms with Crippen molar-refractivity contribution in [3.63, 3.8) is 0 Å². The lowest BCUT2D eigenvalue weighted by molar-refractivity contribution is 0.319. The van der Waals surface area contributed by atoms with Crippen LogP contribution in [0.1, 0.15) is 223 Å². The van der Waals surface area contributed by atoms with Crippen LogP contribution in [-0.4, -0.2) is 0 Å². The maximum Gasteiger partial charge on any atom is 0.0423 e. The van der Waals surface area contributed by atoms with E-state index in [0.29, 0.717) is 33.0 Å². The molecule has 1 atom stereocenters. The largest absolute Gasteiger partial charge is 0.0646 e. The van der Waals surface area contributed by atoms with Gasteiger partial charge in [-0.25, -0.2) is 0 Å². The van der Waals surface area contributed by atoms with E-state index in [1.807, 2.05) is 0 Å². The summed E-state index contributed by atoms with van der Waals surface area (Å²) in [6.07, 6.45) is 12.0. The number of rotatable bonds is 11. The van der Waals surface area contributed by atoms with Gasteiger partial charge in [0.15, 0.2) is 0 Å². The summed E-state index contributed by atoms with van der Waals surface area (Å²) < 4.78 is 0. The monoisotopic (exact) mass is 1220 g/mol. The van der Waals surface area contributed by atoms with Crippen molar-refractivity contribution in [2.24, 2.45) is 5.41 Å². The summed E-state index contributed by atoms with van der Waals surface area (Å²) >= 11 is 0. The molecule has 2 aliphatic carbocycles. The second-order valence-corrected chi connectivity index (χ2v) is 29.3. The molecule has 0 aromatic heterocycles. The molecular weight excluding hydrogens is 1110 g/mol. The predicted molar refractivity (Wildman–Crippen MR) is 404 cm³/mol. The summed E-state index contributed by atoms with van der Waals surface area (Å²) in [6, 6.07) is 107. The molecule has 0 nitrogen and oxygen atoms in total. The maximum absolute atomic E-state index is 2.42. The molecule has 2 aliphatic rings. The zero-order chi connectivity index (χ0) is 66.6. The van der Waals surface area contributed by atoms with E-state index in [-0.39, 0.29) is 10.8 Å². The van der Waals surface area contributed by atoms with Crippen molar-refractivity contribution in [1.82, 2.24) is 0 Å². The normalized spacial score (nSPS) is 14.2. The fraction of sp³-hybridized carbons (Fsp3) is 0.348. The molecule has 482 valence electrons. The van der Waals surface area contributed by atoms with Gasteiger partial charge in [0, 0.05) is 10.8 Å². The van der Waals surface area contributed by atoms with Gasteiger partial charge in [-0.15, -0.1) is 0 Å². The smallest absolute Gasteiger partial charge is 0.0423 e. The number of benzene rings is 10. The average Bonchev–Trinajstić information content (AvgIpc) is 0.900. The van der Waals surface area contributed by atoms with Crippen LogP contribution >= 0.6 is 0 Å². The molecule has 0 heterocycles. The van der Waals surface area contributed by atoms with Crippen LogP contribution in [0.2, 0.25) is 0 Å². The highest BCUT2D eigenvalue weighted by molar-refractivity contribution is 5.49. The topological polar surface area (TPSA) is 0 Å².